The molecular weight excluding hydrogens is 192 g/mol. The van der Waals surface area contributed by atoms with Gasteiger partial charge in [-0.25, -0.2) is 4.79 Å². The molecule has 3 unspecified atom stereocenters. The number of carbonyl (C=O) groups excluding carboxylic acids is 1. The highest BCUT2D eigenvalue weighted by atomic mass is 16.5. The van der Waals surface area contributed by atoms with Gasteiger partial charge in [-0.3, -0.25) is 0 Å². The molecular formula is C12H22O3. The normalized spacial score (nSPS) is 33.5. The second-order valence-electron chi connectivity index (χ2n) is 4.87. The third kappa shape index (κ3) is 3.49. The lowest BCUT2D eigenvalue weighted by atomic mass is 9.74. The number of ether oxygens (including phenoxy) is 1. The van der Waals surface area contributed by atoms with E-state index in [2.05, 4.69) is 13.8 Å². The zero-order valence-corrected chi connectivity index (χ0v) is 9.90. The molecule has 1 fully saturated rings. The first-order valence-corrected chi connectivity index (χ1v) is 5.89. The number of aliphatic hydroxyl groups excluding tert-OH is 1. The van der Waals surface area contributed by atoms with Crippen LogP contribution >= 0.6 is 0 Å². The Labute approximate surface area is 91.8 Å². The lowest BCUT2D eigenvalue weighted by Crippen LogP contribution is -2.36. The minimum absolute atomic E-state index is 0.0859. The molecule has 0 bridgehead atoms. The van der Waals surface area contributed by atoms with Gasteiger partial charge in [-0.05, 0) is 43.9 Å². The van der Waals surface area contributed by atoms with Crippen molar-refractivity contribution in [3.8, 4) is 0 Å². The second kappa shape index (κ2) is 5.50. The van der Waals surface area contributed by atoms with E-state index in [1.165, 1.54) is 6.42 Å². The van der Waals surface area contributed by atoms with Crippen LogP contribution in [0.3, 0.4) is 0 Å². The summed E-state index contributed by atoms with van der Waals surface area (Å²) in [6.45, 7) is 6.46. The Kier molecular flexibility index (Phi) is 4.58. The first-order valence-electron chi connectivity index (χ1n) is 5.89. The quantitative estimate of drug-likeness (QED) is 0.731. The van der Waals surface area contributed by atoms with Gasteiger partial charge in [0.05, 0.1) is 6.61 Å². The van der Waals surface area contributed by atoms with E-state index in [4.69, 9.17) is 4.74 Å². The fourth-order valence-electron chi connectivity index (χ4n) is 2.69. The zero-order chi connectivity index (χ0) is 11.4. The summed E-state index contributed by atoms with van der Waals surface area (Å²) < 4.78 is 4.84. The number of hydrogen-bond acceptors (Lipinski definition) is 3. The van der Waals surface area contributed by atoms with Crippen LogP contribution in [0.2, 0.25) is 0 Å². The molecule has 0 radical (unpaired) electrons. The highest BCUT2D eigenvalue weighted by Crippen LogP contribution is 2.34. The van der Waals surface area contributed by atoms with Crippen molar-refractivity contribution in [2.24, 2.45) is 17.8 Å². The largest absolute Gasteiger partial charge is 0.464 e. The molecule has 1 N–H and O–H groups in total. The van der Waals surface area contributed by atoms with Crippen molar-refractivity contribution in [1.29, 1.82) is 0 Å². The van der Waals surface area contributed by atoms with Crippen molar-refractivity contribution >= 4 is 5.97 Å². The van der Waals surface area contributed by atoms with Gasteiger partial charge >= 0.3 is 5.97 Å². The number of aliphatic hydroxyl groups is 1. The molecule has 3 heteroatoms. The van der Waals surface area contributed by atoms with E-state index in [1.807, 2.05) is 0 Å². The predicted octanol–water partition coefficient (Wildman–Crippen LogP) is 1.98. The van der Waals surface area contributed by atoms with Crippen LogP contribution in [0.5, 0.6) is 0 Å². The Morgan fingerprint density at radius 1 is 1.33 bits per heavy atom. The summed E-state index contributed by atoms with van der Waals surface area (Å²) in [6.07, 6.45) is 2.15. The van der Waals surface area contributed by atoms with Crippen LogP contribution in [0.15, 0.2) is 0 Å². The lowest BCUT2D eigenvalue weighted by Gasteiger charge is -2.33. The van der Waals surface area contributed by atoms with Gasteiger partial charge in [0.1, 0.15) is 0 Å². The molecule has 15 heavy (non-hydrogen) atoms. The molecule has 1 aliphatic carbocycles. The zero-order valence-electron chi connectivity index (χ0n) is 9.90. The second-order valence-corrected chi connectivity index (χ2v) is 4.87. The average Bonchev–Trinajstić information content (AvgIpc) is 2.15. The van der Waals surface area contributed by atoms with Gasteiger partial charge in [-0.2, -0.15) is 0 Å². The van der Waals surface area contributed by atoms with Crippen LogP contribution in [0.25, 0.3) is 0 Å². The molecule has 88 valence electrons. The van der Waals surface area contributed by atoms with E-state index in [1.54, 1.807) is 6.92 Å². The topological polar surface area (TPSA) is 46.5 Å². The predicted molar refractivity (Wildman–Crippen MR) is 58.3 cm³/mol. The molecule has 3 nitrogen and oxygen atoms in total. The summed E-state index contributed by atoms with van der Waals surface area (Å²) in [5.74, 6) is 0.831. The van der Waals surface area contributed by atoms with E-state index in [0.717, 1.165) is 12.8 Å². The Morgan fingerprint density at radius 2 is 1.87 bits per heavy atom. The Bertz CT molecular complexity index is 205. The first-order chi connectivity index (χ1) is 7.04. The van der Waals surface area contributed by atoms with Crippen LogP contribution in [0, 0.1) is 17.8 Å². The molecule has 0 heterocycles. The summed E-state index contributed by atoms with van der Waals surface area (Å²) >= 11 is 0. The van der Waals surface area contributed by atoms with Gasteiger partial charge in [0, 0.05) is 0 Å². The Balaban J connectivity index is 2.51. The van der Waals surface area contributed by atoms with Crippen molar-refractivity contribution in [3.05, 3.63) is 0 Å². The highest BCUT2D eigenvalue weighted by molar-refractivity contribution is 5.74. The van der Waals surface area contributed by atoms with Gasteiger partial charge in [-0.1, -0.05) is 13.8 Å². The molecule has 0 aromatic rings. The molecule has 0 saturated heterocycles. The van der Waals surface area contributed by atoms with Crippen LogP contribution in [0.4, 0.5) is 0 Å². The van der Waals surface area contributed by atoms with Crippen molar-refractivity contribution in [1.82, 2.24) is 0 Å². The van der Waals surface area contributed by atoms with Gasteiger partial charge < -0.3 is 9.84 Å². The van der Waals surface area contributed by atoms with Crippen LogP contribution in [-0.2, 0) is 9.53 Å². The van der Waals surface area contributed by atoms with E-state index < -0.39 is 12.1 Å². The first kappa shape index (κ1) is 12.5. The number of rotatable bonds is 3. The molecule has 0 aliphatic heterocycles. The molecule has 1 saturated carbocycles. The fourth-order valence-corrected chi connectivity index (χ4v) is 2.69. The van der Waals surface area contributed by atoms with Gasteiger partial charge in [-0.15, -0.1) is 0 Å². The van der Waals surface area contributed by atoms with Gasteiger partial charge in [0.15, 0.2) is 6.10 Å². The Morgan fingerprint density at radius 3 is 2.33 bits per heavy atom. The van der Waals surface area contributed by atoms with E-state index >= 15 is 0 Å². The number of hydrogen-bond donors (Lipinski definition) is 1. The maximum atomic E-state index is 11.4. The van der Waals surface area contributed by atoms with E-state index in [0.29, 0.717) is 18.4 Å². The van der Waals surface area contributed by atoms with Crippen LogP contribution < -0.4 is 0 Å². The average molecular weight is 214 g/mol. The van der Waals surface area contributed by atoms with Gasteiger partial charge in [0.2, 0.25) is 0 Å². The van der Waals surface area contributed by atoms with Crippen LogP contribution in [-0.4, -0.2) is 23.8 Å². The van der Waals surface area contributed by atoms with Crippen molar-refractivity contribution < 1.29 is 14.6 Å². The highest BCUT2D eigenvalue weighted by Gasteiger charge is 2.33. The minimum Gasteiger partial charge on any atom is -0.464 e. The molecule has 1 aliphatic rings. The van der Waals surface area contributed by atoms with Gasteiger partial charge in [0.25, 0.3) is 0 Å². The monoisotopic (exact) mass is 214 g/mol. The summed E-state index contributed by atoms with van der Waals surface area (Å²) in [4.78, 5) is 11.4. The maximum Gasteiger partial charge on any atom is 0.335 e. The molecule has 3 atom stereocenters. The molecule has 0 amide bonds. The summed E-state index contributed by atoms with van der Waals surface area (Å²) in [7, 11) is 0. The van der Waals surface area contributed by atoms with E-state index in [9.17, 15) is 9.90 Å². The summed E-state index contributed by atoms with van der Waals surface area (Å²) in [5.41, 5.74) is 0. The molecule has 0 aromatic carbocycles. The Hall–Kier alpha value is -0.570. The van der Waals surface area contributed by atoms with Crippen molar-refractivity contribution in [3.63, 3.8) is 0 Å². The van der Waals surface area contributed by atoms with Crippen molar-refractivity contribution in [2.45, 2.75) is 46.1 Å². The third-order valence-electron chi connectivity index (χ3n) is 3.19. The maximum absolute atomic E-state index is 11.4. The molecule has 1 rings (SSSR count). The molecule has 0 aromatic heterocycles. The SMILES string of the molecule is CCOC(=O)C(O)C1CC(C)CC(C)C1. The lowest BCUT2D eigenvalue weighted by molar-refractivity contribution is -0.157. The minimum atomic E-state index is -0.921. The fraction of sp³-hybridized carbons (Fsp3) is 0.917. The summed E-state index contributed by atoms with van der Waals surface area (Å²) in [5, 5.41) is 9.83. The third-order valence-corrected chi connectivity index (χ3v) is 3.19. The van der Waals surface area contributed by atoms with Crippen LogP contribution in [0.1, 0.15) is 40.0 Å². The molecule has 0 spiro atoms. The number of esters is 1. The summed E-state index contributed by atoms with van der Waals surface area (Å²) in [6, 6.07) is 0. The van der Waals surface area contributed by atoms with Crippen molar-refractivity contribution in [2.75, 3.05) is 6.61 Å². The smallest absolute Gasteiger partial charge is 0.335 e. The standard InChI is InChI=1S/C12H22O3/c1-4-15-12(14)11(13)10-6-8(2)5-9(3)7-10/h8-11,13H,4-7H2,1-3H3. The number of carbonyl (C=O) groups is 1. The van der Waals surface area contributed by atoms with E-state index in [-0.39, 0.29) is 5.92 Å².